The SMILES string of the molecule is COc1ccc(-n2cc(CN3CCC(O)CC3)c(-c3cccc(F)c3)n2)cc1. The molecule has 4 rings (SSSR count). The van der Waals surface area contributed by atoms with Gasteiger partial charge in [-0.25, -0.2) is 9.07 Å². The number of hydrogen-bond acceptors (Lipinski definition) is 4. The van der Waals surface area contributed by atoms with E-state index in [1.54, 1.807) is 13.2 Å². The quantitative estimate of drug-likeness (QED) is 0.733. The fourth-order valence-electron chi connectivity index (χ4n) is 3.59. The second-order valence-electron chi connectivity index (χ2n) is 7.16. The lowest BCUT2D eigenvalue weighted by atomic mass is 10.0. The molecule has 2 heterocycles. The molecule has 2 aromatic carbocycles. The van der Waals surface area contributed by atoms with Crippen LogP contribution >= 0.6 is 0 Å². The van der Waals surface area contributed by atoms with Crippen LogP contribution in [0.25, 0.3) is 16.9 Å². The number of benzene rings is 2. The number of rotatable bonds is 5. The number of nitrogens with zero attached hydrogens (tertiary/aromatic N) is 3. The van der Waals surface area contributed by atoms with E-state index in [0.717, 1.165) is 54.2 Å². The van der Waals surface area contributed by atoms with Gasteiger partial charge < -0.3 is 9.84 Å². The Kier molecular flexibility index (Phi) is 5.41. The van der Waals surface area contributed by atoms with Crippen molar-refractivity contribution in [2.24, 2.45) is 0 Å². The van der Waals surface area contributed by atoms with Crippen LogP contribution in [0.4, 0.5) is 4.39 Å². The average molecular weight is 381 g/mol. The van der Waals surface area contributed by atoms with E-state index in [4.69, 9.17) is 9.84 Å². The van der Waals surface area contributed by atoms with Gasteiger partial charge in [-0.1, -0.05) is 12.1 Å². The molecule has 5 nitrogen and oxygen atoms in total. The Hall–Kier alpha value is -2.70. The van der Waals surface area contributed by atoms with Gasteiger partial charge in [0.2, 0.25) is 0 Å². The standard InChI is InChI=1S/C22H24FN3O2/c1-28-21-7-5-19(6-8-21)26-15-17(14-25-11-9-20(27)10-12-25)22(24-26)16-3-2-4-18(23)13-16/h2-8,13,15,20,27H,9-12,14H2,1H3. The molecule has 0 radical (unpaired) electrons. The lowest BCUT2D eigenvalue weighted by Gasteiger charge is -2.29. The Morgan fingerprint density at radius 3 is 2.57 bits per heavy atom. The van der Waals surface area contributed by atoms with Gasteiger partial charge in [0.25, 0.3) is 0 Å². The van der Waals surface area contributed by atoms with Crippen LogP contribution in [0.15, 0.2) is 54.7 Å². The summed E-state index contributed by atoms with van der Waals surface area (Å²) in [6, 6.07) is 14.2. The van der Waals surface area contributed by atoms with E-state index in [1.165, 1.54) is 12.1 Å². The maximum Gasteiger partial charge on any atom is 0.123 e. The smallest absolute Gasteiger partial charge is 0.123 e. The van der Waals surface area contributed by atoms with Crippen molar-refractivity contribution in [3.8, 4) is 22.7 Å². The first kappa shape index (κ1) is 18.7. The molecule has 0 aliphatic carbocycles. The molecule has 0 saturated carbocycles. The average Bonchev–Trinajstić information content (AvgIpc) is 3.13. The summed E-state index contributed by atoms with van der Waals surface area (Å²) in [6.45, 7) is 2.41. The number of likely N-dealkylation sites (tertiary alicyclic amines) is 1. The summed E-state index contributed by atoms with van der Waals surface area (Å²) < 4.78 is 20.9. The molecule has 0 atom stereocenters. The summed E-state index contributed by atoms with van der Waals surface area (Å²) in [5, 5.41) is 14.5. The highest BCUT2D eigenvalue weighted by atomic mass is 19.1. The molecule has 146 valence electrons. The number of aliphatic hydroxyl groups is 1. The molecule has 1 aliphatic rings. The third-order valence-electron chi connectivity index (χ3n) is 5.18. The second-order valence-corrected chi connectivity index (χ2v) is 7.16. The lowest BCUT2D eigenvalue weighted by Crippen LogP contribution is -2.35. The molecule has 0 amide bonds. The summed E-state index contributed by atoms with van der Waals surface area (Å²) in [7, 11) is 1.64. The summed E-state index contributed by atoms with van der Waals surface area (Å²) >= 11 is 0. The van der Waals surface area contributed by atoms with E-state index in [0.29, 0.717) is 6.54 Å². The zero-order chi connectivity index (χ0) is 19.5. The van der Waals surface area contributed by atoms with Crippen molar-refractivity contribution in [3.63, 3.8) is 0 Å². The number of aromatic nitrogens is 2. The molecular formula is C22H24FN3O2. The first-order chi connectivity index (χ1) is 13.6. The summed E-state index contributed by atoms with van der Waals surface area (Å²) in [5.41, 5.74) is 3.50. The van der Waals surface area contributed by atoms with Gasteiger partial charge in [-0.15, -0.1) is 0 Å². The third kappa shape index (κ3) is 4.08. The molecule has 1 aromatic heterocycles. The maximum atomic E-state index is 13.8. The highest BCUT2D eigenvalue weighted by Gasteiger charge is 2.20. The van der Waals surface area contributed by atoms with Crippen LogP contribution in [0, 0.1) is 5.82 Å². The fraction of sp³-hybridized carbons (Fsp3) is 0.318. The minimum Gasteiger partial charge on any atom is -0.497 e. The topological polar surface area (TPSA) is 50.5 Å². The predicted molar refractivity (Wildman–Crippen MR) is 106 cm³/mol. The number of piperidine rings is 1. The normalized spacial score (nSPS) is 15.7. The van der Waals surface area contributed by atoms with Crippen LogP contribution in [0.1, 0.15) is 18.4 Å². The van der Waals surface area contributed by atoms with Gasteiger partial charge in [-0.2, -0.15) is 5.10 Å². The van der Waals surface area contributed by atoms with Crippen molar-refractivity contribution < 1.29 is 14.2 Å². The Balaban J connectivity index is 1.68. The Bertz CT molecular complexity index is 931. The minimum absolute atomic E-state index is 0.207. The van der Waals surface area contributed by atoms with Crippen LogP contribution in [0.5, 0.6) is 5.75 Å². The minimum atomic E-state index is -0.274. The predicted octanol–water partition coefficient (Wildman–Crippen LogP) is 3.64. The van der Waals surface area contributed by atoms with Crippen molar-refractivity contribution in [3.05, 3.63) is 66.1 Å². The van der Waals surface area contributed by atoms with E-state index < -0.39 is 0 Å². The molecule has 1 aliphatic heterocycles. The summed E-state index contributed by atoms with van der Waals surface area (Å²) in [4.78, 5) is 2.31. The number of hydrogen-bond donors (Lipinski definition) is 1. The van der Waals surface area contributed by atoms with E-state index in [9.17, 15) is 9.50 Å². The second kappa shape index (κ2) is 8.12. The molecule has 0 unspecified atom stereocenters. The van der Waals surface area contributed by atoms with E-state index in [2.05, 4.69) is 4.90 Å². The van der Waals surface area contributed by atoms with Gasteiger partial charge in [0.1, 0.15) is 11.6 Å². The molecule has 1 saturated heterocycles. The zero-order valence-corrected chi connectivity index (χ0v) is 15.9. The van der Waals surface area contributed by atoms with Crippen molar-refractivity contribution >= 4 is 0 Å². The number of aliphatic hydroxyl groups excluding tert-OH is 1. The molecule has 1 N–H and O–H groups in total. The Morgan fingerprint density at radius 1 is 1.14 bits per heavy atom. The van der Waals surface area contributed by atoms with Gasteiger partial charge in [-0.05, 0) is 49.2 Å². The van der Waals surface area contributed by atoms with E-state index >= 15 is 0 Å². The molecular weight excluding hydrogens is 357 g/mol. The highest BCUT2D eigenvalue weighted by Crippen LogP contribution is 2.27. The zero-order valence-electron chi connectivity index (χ0n) is 15.9. The van der Waals surface area contributed by atoms with Crippen LogP contribution in [0.3, 0.4) is 0 Å². The molecule has 3 aromatic rings. The van der Waals surface area contributed by atoms with Gasteiger partial charge in [0.15, 0.2) is 0 Å². The van der Waals surface area contributed by atoms with Crippen molar-refractivity contribution in [1.82, 2.24) is 14.7 Å². The van der Waals surface area contributed by atoms with Gasteiger partial charge in [0.05, 0.1) is 24.6 Å². The molecule has 0 bridgehead atoms. The first-order valence-corrected chi connectivity index (χ1v) is 9.52. The molecule has 1 fully saturated rings. The summed E-state index contributed by atoms with van der Waals surface area (Å²) in [5.74, 6) is 0.511. The van der Waals surface area contributed by atoms with Crippen molar-refractivity contribution in [2.75, 3.05) is 20.2 Å². The monoisotopic (exact) mass is 381 g/mol. The van der Waals surface area contributed by atoms with Gasteiger partial charge in [0, 0.05) is 37.0 Å². The Morgan fingerprint density at radius 2 is 1.89 bits per heavy atom. The van der Waals surface area contributed by atoms with Crippen LogP contribution < -0.4 is 4.74 Å². The molecule has 6 heteroatoms. The van der Waals surface area contributed by atoms with Gasteiger partial charge >= 0.3 is 0 Å². The lowest BCUT2D eigenvalue weighted by molar-refractivity contribution is 0.0793. The maximum absolute atomic E-state index is 13.8. The van der Waals surface area contributed by atoms with Crippen LogP contribution in [-0.4, -0.2) is 46.1 Å². The summed E-state index contributed by atoms with van der Waals surface area (Å²) in [6.07, 6.45) is 3.36. The number of methoxy groups -OCH3 is 1. The Labute approximate surface area is 164 Å². The fourth-order valence-corrected chi connectivity index (χ4v) is 3.59. The molecule has 28 heavy (non-hydrogen) atoms. The van der Waals surface area contributed by atoms with Gasteiger partial charge in [-0.3, -0.25) is 4.90 Å². The largest absolute Gasteiger partial charge is 0.497 e. The third-order valence-corrected chi connectivity index (χ3v) is 5.18. The van der Waals surface area contributed by atoms with Crippen LogP contribution in [0.2, 0.25) is 0 Å². The molecule has 0 spiro atoms. The van der Waals surface area contributed by atoms with Crippen molar-refractivity contribution in [1.29, 1.82) is 0 Å². The number of ether oxygens (including phenoxy) is 1. The van der Waals surface area contributed by atoms with E-state index in [1.807, 2.05) is 41.2 Å². The van der Waals surface area contributed by atoms with Crippen LogP contribution in [-0.2, 0) is 6.54 Å². The first-order valence-electron chi connectivity index (χ1n) is 9.52. The van der Waals surface area contributed by atoms with E-state index in [-0.39, 0.29) is 11.9 Å². The highest BCUT2D eigenvalue weighted by molar-refractivity contribution is 5.63. The van der Waals surface area contributed by atoms with Crippen molar-refractivity contribution in [2.45, 2.75) is 25.5 Å². The number of halogens is 1.